The maximum absolute atomic E-state index is 14.2. The molecule has 1 aliphatic rings. The largest absolute Gasteiger partial charge is 0.487 e. The summed E-state index contributed by atoms with van der Waals surface area (Å²) < 4.78 is 67.8. The van der Waals surface area contributed by atoms with Crippen LogP contribution in [0.4, 0.5) is 14.5 Å². The third kappa shape index (κ3) is 5.89. The van der Waals surface area contributed by atoms with E-state index in [1.807, 2.05) is 0 Å². The van der Waals surface area contributed by atoms with E-state index in [1.54, 1.807) is 18.3 Å². The fraction of sp³-hybridized carbons (Fsp3) is 0.296. The van der Waals surface area contributed by atoms with Crippen molar-refractivity contribution >= 4 is 21.4 Å². The number of anilines is 1. The number of rotatable bonds is 9. The van der Waals surface area contributed by atoms with Crippen molar-refractivity contribution in [1.29, 1.82) is 0 Å². The van der Waals surface area contributed by atoms with E-state index in [0.717, 1.165) is 44.5 Å². The summed E-state index contributed by atoms with van der Waals surface area (Å²) in [6, 6.07) is 6.91. The van der Waals surface area contributed by atoms with Crippen LogP contribution in [0, 0.1) is 17.6 Å². The Morgan fingerprint density at radius 2 is 1.88 bits per heavy atom. The number of benzene rings is 1. The Bertz CT molecular complexity index is 1710. The third-order valence-electron chi connectivity index (χ3n) is 6.72. The van der Waals surface area contributed by atoms with Crippen LogP contribution in [-0.2, 0) is 10.0 Å². The molecule has 5 rings (SSSR count). The van der Waals surface area contributed by atoms with Gasteiger partial charge in [-0.1, -0.05) is 0 Å². The number of sulfonamides is 1. The van der Waals surface area contributed by atoms with E-state index in [9.17, 15) is 22.0 Å². The number of halogens is 2. The van der Waals surface area contributed by atoms with Crippen molar-refractivity contribution in [3.63, 3.8) is 0 Å². The molecule has 1 fully saturated rings. The summed E-state index contributed by atoms with van der Waals surface area (Å²) in [5.41, 5.74) is 0.889. The lowest BCUT2D eigenvalue weighted by atomic mass is 9.95. The molecule has 210 valence electrons. The second-order valence-electron chi connectivity index (χ2n) is 9.37. The first-order chi connectivity index (χ1) is 19.2. The van der Waals surface area contributed by atoms with Crippen LogP contribution in [0.5, 0.6) is 11.6 Å². The lowest BCUT2D eigenvalue weighted by molar-refractivity contribution is 0.248. The molecule has 10 nitrogen and oxygen atoms in total. The second kappa shape index (κ2) is 11.6. The lowest BCUT2D eigenvalue weighted by Crippen LogP contribution is -2.28. The predicted octanol–water partition coefficient (Wildman–Crippen LogP) is 3.61. The number of aromatic nitrogens is 3. The van der Waals surface area contributed by atoms with Gasteiger partial charge in [-0.2, -0.15) is 0 Å². The molecular formula is C27H27F2N5O5S. The highest BCUT2D eigenvalue weighted by Gasteiger charge is 2.22. The highest BCUT2D eigenvalue weighted by atomic mass is 32.2. The van der Waals surface area contributed by atoms with Crippen molar-refractivity contribution < 1.29 is 26.7 Å². The summed E-state index contributed by atoms with van der Waals surface area (Å²) in [6.45, 7) is 2.38. The minimum absolute atomic E-state index is 0.0705. The number of hydrogen-bond acceptors (Lipinski definition) is 8. The number of methoxy groups -OCH3 is 1. The number of piperidine rings is 1. The van der Waals surface area contributed by atoms with Crippen molar-refractivity contribution in [2.24, 2.45) is 5.92 Å². The molecular weight excluding hydrogens is 544 g/mol. The van der Waals surface area contributed by atoms with Crippen LogP contribution in [-0.4, -0.2) is 49.6 Å². The van der Waals surface area contributed by atoms with Gasteiger partial charge in [-0.25, -0.2) is 27.2 Å². The summed E-state index contributed by atoms with van der Waals surface area (Å²) in [4.78, 5) is 20.9. The lowest BCUT2D eigenvalue weighted by Gasteiger charge is -2.22. The summed E-state index contributed by atoms with van der Waals surface area (Å²) in [7, 11) is -3.16. The quantitative estimate of drug-likeness (QED) is 0.312. The molecule has 0 bridgehead atoms. The Labute approximate surface area is 229 Å². The number of fused-ring (bicyclic) bond motifs is 1. The summed E-state index contributed by atoms with van der Waals surface area (Å²) in [5.74, 6) is -1.54. The van der Waals surface area contributed by atoms with Crippen molar-refractivity contribution in [3.8, 4) is 22.8 Å². The Morgan fingerprint density at radius 3 is 2.62 bits per heavy atom. The van der Waals surface area contributed by atoms with Gasteiger partial charge in [-0.15, -0.1) is 0 Å². The van der Waals surface area contributed by atoms with Crippen molar-refractivity contribution in [1.82, 2.24) is 19.7 Å². The molecule has 1 aliphatic heterocycles. The fourth-order valence-electron chi connectivity index (χ4n) is 4.57. The van der Waals surface area contributed by atoms with E-state index in [1.165, 1.54) is 30.0 Å². The van der Waals surface area contributed by atoms with Gasteiger partial charge in [-0.05, 0) is 68.6 Å². The number of nitrogens with zero attached hydrogens (tertiary/aromatic N) is 3. The molecule has 0 radical (unpaired) electrons. The van der Waals surface area contributed by atoms with Gasteiger partial charge < -0.3 is 14.8 Å². The van der Waals surface area contributed by atoms with Gasteiger partial charge in [-0.3, -0.25) is 13.9 Å². The van der Waals surface area contributed by atoms with Crippen LogP contribution in [0.3, 0.4) is 0 Å². The van der Waals surface area contributed by atoms with E-state index in [0.29, 0.717) is 35.4 Å². The smallest absolute Gasteiger partial charge is 0.300 e. The van der Waals surface area contributed by atoms with Gasteiger partial charge in [0.1, 0.15) is 27.9 Å². The predicted molar refractivity (Wildman–Crippen MR) is 144 cm³/mol. The number of nitrogens with one attached hydrogen (secondary N) is 2. The summed E-state index contributed by atoms with van der Waals surface area (Å²) in [5, 5.41) is 3.33. The minimum Gasteiger partial charge on any atom is -0.487 e. The third-order valence-corrected chi connectivity index (χ3v) is 8.12. The van der Waals surface area contributed by atoms with Gasteiger partial charge in [0.25, 0.3) is 15.6 Å². The van der Waals surface area contributed by atoms with Crippen LogP contribution in [0.2, 0.25) is 0 Å². The maximum Gasteiger partial charge on any atom is 0.300 e. The standard InChI is InChI=1S/C27H27F2N5O5S/c1-38-26-22(33-40(36,37)24-4-3-20(28)13-21(24)29)12-19(14-32-26)18-2-5-25-31-15-23(27(35)34(25)16-18)39-11-8-17-6-9-30-10-7-17/h2-5,12-17,30,33H,6-11H2,1H3. The van der Waals surface area contributed by atoms with E-state index in [4.69, 9.17) is 9.47 Å². The molecule has 4 aromatic rings. The van der Waals surface area contributed by atoms with Gasteiger partial charge in [0.2, 0.25) is 11.6 Å². The highest BCUT2D eigenvalue weighted by Crippen LogP contribution is 2.31. The molecule has 1 saturated heterocycles. The Balaban J connectivity index is 1.42. The van der Waals surface area contributed by atoms with Gasteiger partial charge >= 0.3 is 0 Å². The first kappa shape index (κ1) is 27.5. The van der Waals surface area contributed by atoms with E-state index in [2.05, 4.69) is 20.0 Å². The molecule has 2 N–H and O–H groups in total. The van der Waals surface area contributed by atoms with Gasteiger partial charge in [0.05, 0.1) is 19.9 Å². The molecule has 0 amide bonds. The van der Waals surface area contributed by atoms with Crippen LogP contribution < -0.4 is 25.1 Å². The zero-order valence-electron chi connectivity index (χ0n) is 21.6. The topological polar surface area (TPSA) is 124 Å². The van der Waals surface area contributed by atoms with Crippen LogP contribution in [0.15, 0.2) is 64.7 Å². The zero-order valence-corrected chi connectivity index (χ0v) is 22.4. The Hall–Kier alpha value is -4.10. The monoisotopic (exact) mass is 571 g/mol. The van der Waals surface area contributed by atoms with Gasteiger partial charge in [0.15, 0.2) is 0 Å². The summed E-state index contributed by atoms with van der Waals surface area (Å²) >= 11 is 0. The van der Waals surface area contributed by atoms with Crippen LogP contribution in [0.1, 0.15) is 19.3 Å². The first-order valence-corrected chi connectivity index (χ1v) is 14.1. The highest BCUT2D eigenvalue weighted by molar-refractivity contribution is 7.92. The first-order valence-electron chi connectivity index (χ1n) is 12.6. The number of pyridine rings is 2. The molecule has 40 heavy (non-hydrogen) atoms. The number of ether oxygens (including phenoxy) is 2. The second-order valence-corrected chi connectivity index (χ2v) is 11.0. The Morgan fingerprint density at radius 1 is 1.07 bits per heavy atom. The van der Waals surface area contributed by atoms with Crippen LogP contribution in [0.25, 0.3) is 16.8 Å². The Kier molecular flexibility index (Phi) is 7.94. The average Bonchev–Trinajstić information content (AvgIpc) is 2.94. The maximum atomic E-state index is 14.2. The van der Waals surface area contributed by atoms with Crippen molar-refractivity contribution in [2.45, 2.75) is 24.2 Å². The SMILES string of the molecule is COc1ncc(-c2ccc3ncc(OCCC4CCNCC4)c(=O)n3c2)cc1NS(=O)(=O)c1ccc(F)cc1F. The van der Waals surface area contributed by atoms with E-state index >= 15 is 0 Å². The van der Waals surface area contributed by atoms with Crippen molar-refractivity contribution in [3.05, 3.63) is 77.0 Å². The molecule has 1 aromatic carbocycles. The minimum atomic E-state index is -4.45. The van der Waals surface area contributed by atoms with Crippen LogP contribution >= 0.6 is 0 Å². The molecule has 3 aromatic heterocycles. The molecule has 0 atom stereocenters. The molecule has 13 heteroatoms. The van der Waals surface area contributed by atoms with Gasteiger partial charge in [0, 0.05) is 29.6 Å². The molecule has 0 saturated carbocycles. The molecule has 0 aliphatic carbocycles. The van der Waals surface area contributed by atoms with Crippen molar-refractivity contribution in [2.75, 3.05) is 31.5 Å². The number of hydrogen-bond donors (Lipinski definition) is 2. The average molecular weight is 572 g/mol. The van der Waals surface area contributed by atoms with E-state index < -0.39 is 26.6 Å². The molecule has 0 unspecified atom stereocenters. The molecule has 0 spiro atoms. The van der Waals surface area contributed by atoms with E-state index in [-0.39, 0.29) is 22.9 Å². The normalized spacial score (nSPS) is 14.3. The molecule has 4 heterocycles. The summed E-state index contributed by atoms with van der Waals surface area (Å²) in [6.07, 6.45) is 7.40. The fourth-order valence-corrected chi connectivity index (χ4v) is 5.68. The zero-order chi connectivity index (χ0) is 28.3.